The van der Waals surface area contributed by atoms with Gasteiger partial charge in [0.1, 0.15) is 5.75 Å². The van der Waals surface area contributed by atoms with Crippen LogP contribution in [0.15, 0.2) is 53.4 Å². The summed E-state index contributed by atoms with van der Waals surface area (Å²) in [5.41, 5.74) is 1.01. The fourth-order valence-electron chi connectivity index (χ4n) is 2.39. The average molecular weight is 363 g/mol. The predicted molar refractivity (Wildman–Crippen MR) is 94.1 cm³/mol. The molecule has 0 saturated carbocycles. The van der Waals surface area contributed by atoms with Gasteiger partial charge in [-0.1, -0.05) is 25.1 Å². The van der Waals surface area contributed by atoms with Crippen LogP contribution in [0.4, 0.5) is 0 Å². The number of hydrogen-bond acceptors (Lipinski definition) is 5. The summed E-state index contributed by atoms with van der Waals surface area (Å²) >= 11 is 0. The number of rotatable bonds is 7. The van der Waals surface area contributed by atoms with Crippen LogP contribution in [-0.4, -0.2) is 28.6 Å². The van der Waals surface area contributed by atoms with Gasteiger partial charge in [-0.15, -0.1) is 0 Å². The largest absolute Gasteiger partial charge is 0.497 e. The standard InChI is InChI=1S/C18H21NO5S/c1-4-17(13-8-10-15(23-2)11-9-13)19-25(21,22)16-7-5-6-14(12-16)18(20)24-3/h5-12,17,19H,4H2,1-3H3/t17-/m0/s1. The minimum absolute atomic E-state index is 0.0161. The van der Waals surface area contributed by atoms with Gasteiger partial charge in [-0.05, 0) is 42.3 Å². The van der Waals surface area contributed by atoms with Gasteiger partial charge < -0.3 is 9.47 Å². The highest BCUT2D eigenvalue weighted by molar-refractivity contribution is 7.89. The number of benzene rings is 2. The molecule has 0 spiro atoms. The smallest absolute Gasteiger partial charge is 0.337 e. The lowest BCUT2D eigenvalue weighted by Gasteiger charge is -2.18. The number of hydrogen-bond donors (Lipinski definition) is 1. The van der Waals surface area contributed by atoms with Crippen molar-refractivity contribution in [2.45, 2.75) is 24.3 Å². The zero-order valence-electron chi connectivity index (χ0n) is 14.4. The van der Waals surface area contributed by atoms with Crippen molar-refractivity contribution in [1.29, 1.82) is 0 Å². The van der Waals surface area contributed by atoms with Crippen molar-refractivity contribution in [3.63, 3.8) is 0 Å². The molecule has 0 aliphatic heterocycles. The highest BCUT2D eigenvalue weighted by Crippen LogP contribution is 2.23. The van der Waals surface area contributed by atoms with Crippen LogP contribution in [-0.2, 0) is 14.8 Å². The molecule has 0 aliphatic carbocycles. The Morgan fingerprint density at radius 1 is 1.12 bits per heavy atom. The van der Waals surface area contributed by atoms with E-state index in [1.807, 2.05) is 19.1 Å². The molecule has 2 aromatic rings. The highest BCUT2D eigenvalue weighted by Gasteiger charge is 2.21. The predicted octanol–water partition coefficient (Wildman–Crippen LogP) is 2.91. The third-order valence-electron chi connectivity index (χ3n) is 3.79. The minimum Gasteiger partial charge on any atom is -0.497 e. The molecule has 0 fully saturated rings. The summed E-state index contributed by atoms with van der Waals surface area (Å²) in [7, 11) is -0.967. The topological polar surface area (TPSA) is 81.7 Å². The number of carbonyl (C=O) groups is 1. The molecule has 0 heterocycles. The Kier molecular flexibility index (Phi) is 6.17. The molecule has 134 valence electrons. The van der Waals surface area contributed by atoms with Crippen LogP contribution < -0.4 is 9.46 Å². The lowest BCUT2D eigenvalue weighted by molar-refractivity contribution is 0.0600. The molecule has 0 saturated heterocycles. The van der Waals surface area contributed by atoms with Crippen LogP contribution in [0.1, 0.15) is 35.3 Å². The van der Waals surface area contributed by atoms with E-state index in [4.69, 9.17) is 4.74 Å². The monoisotopic (exact) mass is 363 g/mol. The Bertz CT molecular complexity index is 831. The molecule has 1 N–H and O–H groups in total. The Hall–Kier alpha value is -2.38. The Morgan fingerprint density at radius 2 is 1.80 bits per heavy atom. The summed E-state index contributed by atoms with van der Waals surface area (Å²) in [5, 5.41) is 0. The number of sulfonamides is 1. The summed E-state index contributed by atoms with van der Waals surface area (Å²) in [6.45, 7) is 1.89. The van der Waals surface area contributed by atoms with Gasteiger partial charge >= 0.3 is 5.97 Å². The molecule has 0 radical (unpaired) electrons. The lowest BCUT2D eigenvalue weighted by Crippen LogP contribution is -2.28. The average Bonchev–Trinajstić information content (AvgIpc) is 2.65. The molecule has 2 aromatic carbocycles. The van der Waals surface area contributed by atoms with E-state index in [2.05, 4.69) is 9.46 Å². The van der Waals surface area contributed by atoms with Crippen molar-refractivity contribution >= 4 is 16.0 Å². The van der Waals surface area contributed by atoms with Crippen LogP contribution >= 0.6 is 0 Å². The Balaban J connectivity index is 2.27. The van der Waals surface area contributed by atoms with Gasteiger partial charge in [0, 0.05) is 6.04 Å². The molecule has 7 heteroatoms. The van der Waals surface area contributed by atoms with E-state index < -0.39 is 22.0 Å². The van der Waals surface area contributed by atoms with Gasteiger partial charge in [-0.25, -0.2) is 17.9 Å². The number of carbonyl (C=O) groups excluding carboxylic acids is 1. The maximum absolute atomic E-state index is 12.7. The maximum Gasteiger partial charge on any atom is 0.337 e. The summed E-state index contributed by atoms with van der Waals surface area (Å²) in [5.74, 6) is 0.117. The quantitative estimate of drug-likeness (QED) is 0.765. The van der Waals surface area contributed by atoms with Gasteiger partial charge in [-0.3, -0.25) is 0 Å². The molecule has 0 amide bonds. The molecular weight excluding hydrogens is 342 g/mol. The summed E-state index contributed by atoms with van der Waals surface area (Å²) < 4.78 is 37.8. The normalized spacial score (nSPS) is 12.4. The summed E-state index contributed by atoms with van der Waals surface area (Å²) in [4.78, 5) is 11.6. The van der Waals surface area contributed by atoms with Crippen LogP contribution in [0.3, 0.4) is 0 Å². The second-order valence-electron chi connectivity index (χ2n) is 5.37. The third kappa shape index (κ3) is 4.58. The zero-order valence-corrected chi connectivity index (χ0v) is 15.2. The minimum atomic E-state index is -3.79. The van der Waals surface area contributed by atoms with Gasteiger partial charge in [0.25, 0.3) is 0 Å². The van der Waals surface area contributed by atoms with Crippen molar-refractivity contribution in [2.75, 3.05) is 14.2 Å². The SMILES string of the molecule is CC[C@H](NS(=O)(=O)c1cccc(C(=O)OC)c1)c1ccc(OC)cc1. The zero-order chi connectivity index (χ0) is 18.4. The molecule has 6 nitrogen and oxygen atoms in total. The molecule has 0 aliphatic rings. The summed E-state index contributed by atoms with van der Waals surface area (Å²) in [6.07, 6.45) is 0.572. The van der Waals surface area contributed by atoms with Gasteiger partial charge in [0.05, 0.1) is 24.7 Å². The van der Waals surface area contributed by atoms with Gasteiger partial charge in [-0.2, -0.15) is 0 Å². The number of nitrogens with one attached hydrogen (secondary N) is 1. The molecular formula is C18H21NO5S. The summed E-state index contributed by atoms with van der Waals surface area (Å²) in [6, 6.07) is 12.6. The van der Waals surface area contributed by atoms with Gasteiger partial charge in [0.2, 0.25) is 10.0 Å². The van der Waals surface area contributed by atoms with Crippen molar-refractivity contribution in [3.05, 3.63) is 59.7 Å². The van der Waals surface area contributed by atoms with E-state index in [0.717, 1.165) is 5.56 Å². The lowest BCUT2D eigenvalue weighted by atomic mass is 10.1. The van der Waals surface area contributed by atoms with Crippen molar-refractivity contribution in [2.24, 2.45) is 0 Å². The van der Waals surface area contributed by atoms with E-state index >= 15 is 0 Å². The fourth-order valence-corrected chi connectivity index (χ4v) is 3.74. The molecule has 0 aromatic heterocycles. The highest BCUT2D eigenvalue weighted by atomic mass is 32.2. The van der Waals surface area contributed by atoms with Crippen LogP contribution in [0.25, 0.3) is 0 Å². The van der Waals surface area contributed by atoms with E-state index in [9.17, 15) is 13.2 Å². The molecule has 0 unspecified atom stereocenters. The van der Waals surface area contributed by atoms with E-state index in [1.165, 1.54) is 31.4 Å². The first-order valence-corrected chi connectivity index (χ1v) is 9.24. The third-order valence-corrected chi connectivity index (χ3v) is 5.26. The van der Waals surface area contributed by atoms with Crippen LogP contribution in [0, 0.1) is 0 Å². The first-order valence-electron chi connectivity index (χ1n) is 7.76. The van der Waals surface area contributed by atoms with E-state index in [0.29, 0.717) is 12.2 Å². The number of esters is 1. The van der Waals surface area contributed by atoms with Crippen molar-refractivity contribution in [1.82, 2.24) is 4.72 Å². The molecule has 25 heavy (non-hydrogen) atoms. The Morgan fingerprint density at radius 3 is 2.36 bits per heavy atom. The van der Waals surface area contributed by atoms with Crippen molar-refractivity contribution in [3.8, 4) is 5.75 Å². The molecule has 0 bridgehead atoms. The molecule has 2 rings (SSSR count). The van der Waals surface area contributed by atoms with E-state index in [-0.39, 0.29) is 10.5 Å². The van der Waals surface area contributed by atoms with E-state index in [1.54, 1.807) is 19.2 Å². The fraction of sp³-hybridized carbons (Fsp3) is 0.278. The second-order valence-corrected chi connectivity index (χ2v) is 7.09. The van der Waals surface area contributed by atoms with Crippen molar-refractivity contribution < 1.29 is 22.7 Å². The Labute approximate surface area is 147 Å². The first-order chi connectivity index (χ1) is 11.9. The van der Waals surface area contributed by atoms with Crippen LogP contribution in [0.2, 0.25) is 0 Å². The van der Waals surface area contributed by atoms with Gasteiger partial charge in [0.15, 0.2) is 0 Å². The second kappa shape index (κ2) is 8.13. The number of ether oxygens (including phenoxy) is 2. The first kappa shape index (κ1) is 19.0. The maximum atomic E-state index is 12.7. The van der Waals surface area contributed by atoms with Crippen LogP contribution in [0.5, 0.6) is 5.75 Å². The number of methoxy groups -OCH3 is 2. The molecule has 1 atom stereocenters.